The van der Waals surface area contributed by atoms with Gasteiger partial charge in [0.1, 0.15) is 0 Å². The second-order valence-electron chi connectivity index (χ2n) is 0. The van der Waals surface area contributed by atoms with E-state index in [1.807, 2.05) is 0 Å². The first-order chi connectivity index (χ1) is 0. The fraction of sp³-hybridized carbons (Fsp3) is 0. The zero-order valence-electron chi connectivity index (χ0n) is 3.13. The molecule has 0 bridgehead atoms. The fourth-order valence-corrected chi connectivity index (χ4v) is 0. The second-order valence-corrected chi connectivity index (χ2v) is 0. The quantitative estimate of drug-likeness (QED) is 0.354. The molecule has 0 saturated carbocycles. The molecule has 4 heavy (non-hydrogen) atoms. The van der Waals surface area contributed by atoms with Gasteiger partial charge in [0.15, 0.2) is 0 Å². The Labute approximate surface area is 71.6 Å². The summed E-state index contributed by atoms with van der Waals surface area (Å²) in [6.45, 7) is 0. The van der Waals surface area contributed by atoms with Crippen molar-refractivity contribution in [3.05, 3.63) is 0 Å². The summed E-state index contributed by atoms with van der Waals surface area (Å²) in [5, 5.41) is 0. The van der Waals surface area contributed by atoms with Gasteiger partial charge in [0.25, 0.3) is 0 Å². The van der Waals surface area contributed by atoms with E-state index in [-0.39, 0.29) is 72.3 Å². The minimum absolute atomic E-state index is 0. The normalized spacial score (nSPS) is 0. The van der Waals surface area contributed by atoms with Crippen LogP contribution in [0.5, 0.6) is 0 Å². The molecule has 0 spiro atoms. The summed E-state index contributed by atoms with van der Waals surface area (Å²) in [7, 11) is 0. The zero-order valence-corrected chi connectivity index (χ0v) is 6.75. The minimum atomic E-state index is 0. The van der Waals surface area contributed by atoms with E-state index in [1.165, 1.54) is 0 Å². The van der Waals surface area contributed by atoms with Crippen molar-refractivity contribution in [3.8, 4) is 0 Å². The van der Waals surface area contributed by atoms with Gasteiger partial charge < -0.3 is 1.43 Å². The van der Waals surface area contributed by atoms with Crippen molar-refractivity contribution in [3.63, 3.8) is 0 Å². The molecule has 0 unspecified atom stereocenters. The van der Waals surface area contributed by atoms with Crippen molar-refractivity contribution < 1.29 is 47.5 Å². The summed E-state index contributed by atoms with van der Waals surface area (Å²) in [5.74, 6) is 0. The number of hydrogen-bond donors (Lipinski definition) is 0. The summed E-state index contributed by atoms with van der Waals surface area (Å²) in [6.07, 6.45) is 0. The van der Waals surface area contributed by atoms with E-state index >= 15 is 0 Å². The molecule has 0 aromatic heterocycles. The maximum absolute atomic E-state index is 0. The summed E-state index contributed by atoms with van der Waals surface area (Å²) >= 11 is 0. The Kier molecular flexibility index (Phi) is 178. The van der Waals surface area contributed by atoms with Crippen molar-refractivity contribution in [2.45, 2.75) is 0 Å². The van der Waals surface area contributed by atoms with E-state index in [0.29, 0.717) is 0 Å². The molecular weight excluding hydrogens is 153 g/mol. The molecule has 0 saturated heterocycles. The van der Waals surface area contributed by atoms with Crippen LogP contribution in [0.3, 0.4) is 0 Å². The molecular formula is H3Cl2NaNi. The van der Waals surface area contributed by atoms with Gasteiger partial charge in [0, 0.05) is 16.5 Å². The van der Waals surface area contributed by atoms with E-state index in [0.717, 1.165) is 0 Å². The van der Waals surface area contributed by atoms with Crippen molar-refractivity contribution >= 4 is 24.8 Å². The number of hydrogen-bond acceptors (Lipinski definition) is 0. The van der Waals surface area contributed by atoms with Crippen molar-refractivity contribution in [2.75, 3.05) is 0 Å². The molecule has 0 N–H and O–H groups in total. The van der Waals surface area contributed by atoms with Crippen molar-refractivity contribution in [2.24, 2.45) is 0 Å². The molecule has 0 amide bonds. The SMILES string of the molecule is Cl.Cl.[H-].[Na+].[Ni]. The molecule has 0 aromatic rings. The van der Waals surface area contributed by atoms with Crippen LogP contribution >= 0.6 is 24.8 Å². The van der Waals surface area contributed by atoms with Gasteiger partial charge in [0.05, 0.1) is 0 Å². The minimum Gasteiger partial charge on any atom is -1.00 e. The summed E-state index contributed by atoms with van der Waals surface area (Å²) in [6, 6.07) is 0. The molecule has 28 valence electrons. The largest absolute Gasteiger partial charge is 1.00 e. The molecule has 0 aliphatic rings. The van der Waals surface area contributed by atoms with Crippen LogP contribution in [0.15, 0.2) is 0 Å². The van der Waals surface area contributed by atoms with Crippen LogP contribution in [0, 0.1) is 0 Å². The van der Waals surface area contributed by atoms with Crippen LogP contribution in [-0.4, -0.2) is 0 Å². The fourth-order valence-electron chi connectivity index (χ4n) is 0. The molecule has 0 atom stereocenters. The molecule has 0 rings (SSSR count). The van der Waals surface area contributed by atoms with Crippen molar-refractivity contribution in [1.82, 2.24) is 0 Å². The Hall–Kier alpha value is 2.07. The third-order valence-corrected chi connectivity index (χ3v) is 0. The van der Waals surface area contributed by atoms with Gasteiger partial charge in [-0.05, 0) is 0 Å². The molecule has 0 aromatic carbocycles. The predicted octanol–water partition coefficient (Wildman–Crippen LogP) is -2.04. The van der Waals surface area contributed by atoms with Crippen LogP contribution in [0.2, 0.25) is 0 Å². The van der Waals surface area contributed by atoms with Crippen LogP contribution in [0.1, 0.15) is 1.43 Å². The Morgan fingerprint density at radius 2 is 1.00 bits per heavy atom. The molecule has 0 heterocycles. The third kappa shape index (κ3) is 8.95. The molecule has 4 heteroatoms. The molecule has 0 radical (unpaired) electrons. The van der Waals surface area contributed by atoms with E-state index in [4.69, 9.17) is 0 Å². The zero-order chi connectivity index (χ0) is 0. The Morgan fingerprint density at radius 3 is 1.00 bits per heavy atom. The van der Waals surface area contributed by atoms with Gasteiger partial charge >= 0.3 is 29.6 Å². The molecule has 0 nitrogen and oxygen atoms in total. The standard InChI is InChI=1S/2ClH.Na.Ni.H/h2*1H;;;/q;;+1;;-1. The van der Waals surface area contributed by atoms with Crippen molar-refractivity contribution in [1.29, 1.82) is 0 Å². The van der Waals surface area contributed by atoms with Gasteiger partial charge in [-0.1, -0.05) is 0 Å². The first-order valence-corrected chi connectivity index (χ1v) is 0. The third-order valence-electron chi connectivity index (χ3n) is 0. The van der Waals surface area contributed by atoms with E-state index in [1.54, 1.807) is 0 Å². The van der Waals surface area contributed by atoms with Gasteiger partial charge in [-0.2, -0.15) is 0 Å². The topological polar surface area (TPSA) is 0 Å². The number of halogens is 2. The average Bonchev–Trinajstić information content (AvgIpc) is 0. The van der Waals surface area contributed by atoms with Crippen LogP contribution < -0.4 is 29.6 Å². The predicted molar refractivity (Wildman–Crippen MR) is 15.6 cm³/mol. The Morgan fingerprint density at radius 1 is 1.00 bits per heavy atom. The first-order valence-electron chi connectivity index (χ1n) is 0. The monoisotopic (exact) mass is 154 g/mol. The van der Waals surface area contributed by atoms with Gasteiger partial charge in [0.2, 0.25) is 0 Å². The second kappa shape index (κ2) is 19.6. The average molecular weight is 156 g/mol. The van der Waals surface area contributed by atoms with E-state index in [9.17, 15) is 0 Å². The van der Waals surface area contributed by atoms with Gasteiger partial charge in [-0.15, -0.1) is 24.8 Å². The molecule has 0 fully saturated rings. The summed E-state index contributed by atoms with van der Waals surface area (Å²) < 4.78 is 0. The number of rotatable bonds is 0. The van der Waals surface area contributed by atoms with E-state index < -0.39 is 0 Å². The van der Waals surface area contributed by atoms with Crippen LogP contribution in [0.25, 0.3) is 0 Å². The maximum Gasteiger partial charge on any atom is 1.00 e. The Balaban J connectivity index is 0. The van der Waals surface area contributed by atoms with Gasteiger partial charge in [-0.3, -0.25) is 0 Å². The van der Waals surface area contributed by atoms with Gasteiger partial charge in [-0.25, -0.2) is 0 Å². The summed E-state index contributed by atoms with van der Waals surface area (Å²) in [4.78, 5) is 0. The smallest absolute Gasteiger partial charge is 1.00 e. The van der Waals surface area contributed by atoms with Crippen LogP contribution in [-0.2, 0) is 16.5 Å². The molecule has 0 aliphatic carbocycles. The maximum atomic E-state index is 0. The van der Waals surface area contributed by atoms with Crippen LogP contribution in [0.4, 0.5) is 0 Å². The Bertz CT molecular complexity index is 9.61. The first kappa shape index (κ1) is 36.4. The summed E-state index contributed by atoms with van der Waals surface area (Å²) in [5.41, 5.74) is 0. The van der Waals surface area contributed by atoms with E-state index in [2.05, 4.69) is 0 Å². The molecule has 0 aliphatic heterocycles.